The van der Waals surface area contributed by atoms with E-state index in [1.807, 2.05) is 24.3 Å². The van der Waals surface area contributed by atoms with Gasteiger partial charge in [-0.15, -0.1) is 0 Å². The molecule has 0 atom stereocenters. The molecule has 24 heavy (non-hydrogen) atoms. The van der Waals surface area contributed by atoms with E-state index < -0.39 is 4.92 Å². The van der Waals surface area contributed by atoms with E-state index in [0.29, 0.717) is 25.4 Å². The van der Waals surface area contributed by atoms with Gasteiger partial charge in [0.2, 0.25) is 0 Å². The Morgan fingerprint density at radius 2 is 1.96 bits per heavy atom. The van der Waals surface area contributed by atoms with Crippen LogP contribution in [0.25, 0.3) is 0 Å². The molecule has 1 N–H and O–H groups in total. The van der Waals surface area contributed by atoms with Crippen LogP contribution in [-0.4, -0.2) is 24.7 Å². The van der Waals surface area contributed by atoms with Gasteiger partial charge < -0.3 is 14.8 Å². The fourth-order valence-electron chi connectivity index (χ4n) is 2.48. The van der Waals surface area contributed by atoms with Gasteiger partial charge in [-0.2, -0.15) is 5.26 Å². The molecule has 0 aromatic heterocycles. The molecule has 0 saturated heterocycles. The zero-order chi connectivity index (χ0) is 16.9. The highest BCUT2D eigenvalue weighted by atomic mass is 16.6. The van der Waals surface area contributed by atoms with Crippen LogP contribution >= 0.6 is 0 Å². The molecular formula is C17H15N3O4. The number of ether oxygens (including phenoxy) is 2. The Balaban J connectivity index is 1.64. The standard InChI is InChI=1S/C17H15N3O4/c18-11-13-10-14(20(21)22)2-3-15(13)19-6-5-12-1-4-16-17(9-12)24-8-7-23-16/h1-4,9-10,19H,5-8H2. The van der Waals surface area contributed by atoms with E-state index in [9.17, 15) is 10.1 Å². The van der Waals surface area contributed by atoms with E-state index in [2.05, 4.69) is 5.32 Å². The predicted molar refractivity (Wildman–Crippen MR) is 87.4 cm³/mol. The Kier molecular flexibility index (Phi) is 4.47. The van der Waals surface area contributed by atoms with Crippen molar-refractivity contribution >= 4 is 11.4 Å². The lowest BCUT2D eigenvalue weighted by Crippen LogP contribution is -2.15. The van der Waals surface area contributed by atoms with Crippen LogP contribution in [0.15, 0.2) is 36.4 Å². The van der Waals surface area contributed by atoms with Crippen LogP contribution in [0.5, 0.6) is 11.5 Å². The lowest BCUT2D eigenvalue weighted by atomic mass is 10.1. The van der Waals surface area contributed by atoms with Gasteiger partial charge >= 0.3 is 0 Å². The van der Waals surface area contributed by atoms with E-state index in [0.717, 1.165) is 23.5 Å². The first-order valence-corrected chi connectivity index (χ1v) is 7.48. The number of hydrogen-bond acceptors (Lipinski definition) is 6. The number of fused-ring (bicyclic) bond motifs is 1. The summed E-state index contributed by atoms with van der Waals surface area (Å²) in [7, 11) is 0. The first kappa shape index (κ1) is 15.6. The topological polar surface area (TPSA) is 97.4 Å². The predicted octanol–water partition coefficient (Wildman–Crippen LogP) is 2.89. The number of rotatable bonds is 5. The number of anilines is 1. The molecule has 0 spiro atoms. The summed E-state index contributed by atoms with van der Waals surface area (Å²) in [4.78, 5) is 10.2. The van der Waals surface area contributed by atoms with Gasteiger partial charge in [0.25, 0.3) is 5.69 Å². The number of hydrogen-bond donors (Lipinski definition) is 1. The Morgan fingerprint density at radius 3 is 2.71 bits per heavy atom. The maximum absolute atomic E-state index is 10.8. The Hall–Kier alpha value is -3.27. The van der Waals surface area contributed by atoms with Gasteiger partial charge in [0, 0.05) is 18.7 Å². The Labute approximate surface area is 138 Å². The lowest BCUT2D eigenvalue weighted by molar-refractivity contribution is -0.384. The molecule has 1 aliphatic rings. The molecule has 0 unspecified atom stereocenters. The molecule has 3 rings (SSSR count). The van der Waals surface area contributed by atoms with Crippen molar-refractivity contribution in [2.45, 2.75) is 6.42 Å². The minimum absolute atomic E-state index is 0.0936. The van der Waals surface area contributed by atoms with E-state index in [1.54, 1.807) is 6.07 Å². The van der Waals surface area contributed by atoms with E-state index >= 15 is 0 Å². The first-order valence-electron chi connectivity index (χ1n) is 7.48. The van der Waals surface area contributed by atoms with Crippen LogP contribution in [0.2, 0.25) is 0 Å². The second-order valence-corrected chi connectivity index (χ2v) is 5.25. The summed E-state index contributed by atoms with van der Waals surface area (Å²) in [6, 6.07) is 12.0. The average molecular weight is 325 g/mol. The molecule has 1 aliphatic heterocycles. The number of nitro benzene ring substituents is 1. The summed E-state index contributed by atoms with van der Waals surface area (Å²) in [6.07, 6.45) is 0.721. The summed E-state index contributed by atoms with van der Waals surface area (Å²) >= 11 is 0. The van der Waals surface area contributed by atoms with Gasteiger partial charge in [-0.05, 0) is 30.2 Å². The zero-order valence-electron chi connectivity index (χ0n) is 12.8. The third kappa shape index (κ3) is 3.38. The Bertz CT molecular complexity index is 814. The molecule has 2 aromatic rings. The van der Waals surface area contributed by atoms with Crippen molar-refractivity contribution < 1.29 is 14.4 Å². The summed E-state index contributed by atoms with van der Waals surface area (Å²) < 4.78 is 11.0. The van der Waals surface area contributed by atoms with Crippen LogP contribution in [0.4, 0.5) is 11.4 Å². The smallest absolute Gasteiger partial charge is 0.270 e. The SMILES string of the molecule is N#Cc1cc([N+](=O)[O-])ccc1NCCc1ccc2c(c1)OCCO2. The van der Waals surface area contributed by atoms with Crippen molar-refractivity contribution in [2.75, 3.05) is 25.1 Å². The quantitative estimate of drug-likeness (QED) is 0.670. The molecule has 0 amide bonds. The zero-order valence-corrected chi connectivity index (χ0v) is 12.8. The molecule has 1 heterocycles. The van der Waals surface area contributed by atoms with Crippen LogP contribution in [0.3, 0.4) is 0 Å². The van der Waals surface area contributed by atoms with Crippen molar-refractivity contribution in [1.29, 1.82) is 5.26 Å². The minimum Gasteiger partial charge on any atom is -0.486 e. The van der Waals surface area contributed by atoms with Gasteiger partial charge in [0.15, 0.2) is 11.5 Å². The number of nitro groups is 1. The molecule has 122 valence electrons. The third-order valence-corrected chi connectivity index (χ3v) is 3.67. The number of nitriles is 1. The molecule has 0 bridgehead atoms. The highest BCUT2D eigenvalue weighted by Crippen LogP contribution is 2.31. The maximum atomic E-state index is 10.8. The number of non-ortho nitro benzene ring substituents is 1. The van der Waals surface area contributed by atoms with Gasteiger partial charge in [-0.1, -0.05) is 6.07 Å². The van der Waals surface area contributed by atoms with Crippen molar-refractivity contribution in [3.05, 3.63) is 57.6 Å². The van der Waals surface area contributed by atoms with Crippen molar-refractivity contribution in [1.82, 2.24) is 0 Å². The molecule has 0 aliphatic carbocycles. The van der Waals surface area contributed by atoms with Crippen LogP contribution in [0, 0.1) is 21.4 Å². The van der Waals surface area contributed by atoms with E-state index in [-0.39, 0.29) is 11.3 Å². The Morgan fingerprint density at radius 1 is 1.17 bits per heavy atom. The third-order valence-electron chi connectivity index (χ3n) is 3.67. The summed E-state index contributed by atoms with van der Waals surface area (Å²) in [5, 5.41) is 23.0. The van der Waals surface area contributed by atoms with Crippen molar-refractivity contribution in [3.63, 3.8) is 0 Å². The summed E-state index contributed by atoms with van der Waals surface area (Å²) in [5.41, 5.74) is 1.82. The second-order valence-electron chi connectivity index (χ2n) is 5.25. The van der Waals surface area contributed by atoms with Gasteiger partial charge in [0.05, 0.1) is 16.2 Å². The summed E-state index contributed by atoms with van der Waals surface area (Å²) in [5.74, 6) is 1.49. The van der Waals surface area contributed by atoms with Crippen LogP contribution < -0.4 is 14.8 Å². The second kappa shape index (κ2) is 6.87. The molecule has 7 nitrogen and oxygen atoms in total. The van der Waals surface area contributed by atoms with Gasteiger partial charge in [0.1, 0.15) is 19.3 Å². The molecule has 0 radical (unpaired) electrons. The van der Waals surface area contributed by atoms with Gasteiger partial charge in [-0.3, -0.25) is 10.1 Å². The maximum Gasteiger partial charge on any atom is 0.270 e. The van der Waals surface area contributed by atoms with E-state index in [4.69, 9.17) is 14.7 Å². The first-order chi connectivity index (χ1) is 11.7. The molecule has 7 heteroatoms. The molecular weight excluding hydrogens is 310 g/mol. The van der Waals surface area contributed by atoms with Gasteiger partial charge in [-0.25, -0.2) is 0 Å². The molecule has 0 fully saturated rings. The molecule has 0 saturated carbocycles. The van der Waals surface area contributed by atoms with Crippen LogP contribution in [0.1, 0.15) is 11.1 Å². The van der Waals surface area contributed by atoms with Crippen molar-refractivity contribution in [2.24, 2.45) is 0 Å². The number of nitrogens with one attached hydrogen (secondary N) is 1. The lowest BCUT2D eigenvalue weighted by Gasteiger charge is -2.19. The summed E-state index contributed by atoms with van der Waals surface area (Å²) in [6.45, 7) is 1.69. The average Bonchev–Trinajstić information content (AvgIpc) is 2.61. The van der Waals surface area contributed by atoms with Crippen LogP contribution in [-0.2, 0) is 6.42 Å². The monoisotopic (exact) mass is 325 g/mol. The highest BCUT2D eigenvalue weighted by molar-refractivity contribution is 5.61. The fourth-order valence-corrected chi connectivity index (χ4v) is 2.48. The normalized spacial score (nSPS) is 12.3. The van der Waals surface area contributed by atoms with E-state index in [1.165, 1.54) is 12.1 Å². The van der Waals surface area contributed by atoms with Crippen molar-refractivity contribution in [3.8, 4) is 17.6 Å². The minimum atomic E-state index is -0.514. The number of nitrogens with zero attached hydrogens (tertiary/aromatic N) is 2. The number of benzene rings is 2. The fraction of sp³-hybridized carbons (Fsp3) is 0.235. The highest BCUT2D eigenvalue weighted by Gasteiger charge is 2.12. The largest absolute Gasteiger partial charge is 0.486 e. The molecule has 2 aromatic carbocycles.